The molecule has 0 aliphatic carbocycles. The van der Waals surface area contributed by atoms with Crippen LogP contribution in [0.15, 0.2) is 71.3 Å². The van der Waals surface area contributed by atoms with Crippen LogP contribution >= 0.6 is 11.6 Å². The highest BCUT2D eigenvalue weighted by atomic mass is 35.5. The van der Waals surface area contributed by atoms with Crippen LogP contribution in [0.5, 0.6) is 5.75 Å². The van der Waals surface area contributed by atoms with Crippen molar-refractivity contribution in [3.8, 4) is 5.75 Å². The van der Waals surface area contributed by atoms with Gasteiger partial charge in [-0.3, -0.25) is 10.1 Å². The number of carbonyl (C=O) groups excluding carboxylic acids is 1. The Hall–Kier alpha value is -3.25. The number of halogens is 1. The average molecular weight is 382 g/mol. The Kier molecular flexibility index (Phi) is 4.80. The van der Waals surface area contributed by atoms with E-state index < -0.39 is 0 Å². The van der Waals surface area contributed by atoms with Crippen molar-refractivity contribution in [3.63, 3.8) is 0 Å². The number of hydrogen-bond donors (Lipinski definition) is 1. The fourth-order valence-electron chi connectivity index (χ4n) is 2.78. The first-order chi connectivity index (χ1) is 13.2. The van der Waals surface area contributed by atoms with E-state index in [1.165, 1.54) is 6.26 Å². The minimum absolute atomic E-state index is 0.226. The van der Waals surface area contributed by atoms with Crippen molar-refractivity contribution in [3.05, 3.63) is 77.7 Å². The Balaban J connectivity index is 1.55. The molecule has 136 valence electrons. The average Bonchev–Trinajstić information content (AvgIpc) is 3.31. The molecule has 1 N–H and O–H groups in total. The molecule has 4 rings (SSSR count). The SMILES string of the molecule is O=C(Nc1nc2ccccc2n1CCOc1cccc(Cl)c1)c1ccco1. The molecule has 2 aromatic heterocycles. The molecule has 0 spiro atoms. The zero-order valence-electron chi connectivity index (χ0n) is 14.3. The van der Waals surface area contributed by atoms with E-state index in [0.29, 0.717) is 29.9 Å². The molecule has 0 saturated heterocycles. The molecule has 2 aromatic carbocycles. The van der Waals surface area contributed by atoms with E-state index in [4.69, 9.17) is 20.8 Å². The zero-order chi connectivity index (χ0) is 18.6. The first kappa shape index (κ1) is 17.2. The molecule has 0 radical (unpaired) electrons. The summed E-state index contributed by atoms with van der Waals surface area (Å²) in [5, 5.41) is 3.42. The van der Waals surface area contributed by atoms with Crippen LogP contribution in [0.1, 0.15) is 10.6 Å². The van der Waals surface area contributed by atoms with Crippen molar-refractivity contribution < 1.29 is 13.9 Å². The van der Waals surface area contributed by atoms with Gasteiger partial charge < -0.3 is 13.7 Å². The van der Waals surface area contributed by atoms with Crippen LogP contribution in [0, 0.1) is 0 Å². The van der Waals surface area contributed by atoms with Gasteiger partial charge >= 0.3 is 0 Å². The molecule has 1 amide bonds. The number of nitrogens with one attached hydrogen (secondary N) is 1. The lowest BCUT2D eigenvalue weighted by Gasteiger charge is -2.11. The molecule has 0 aliphatic heterocycles. The van der Waals surface area contributed by atoms with E-state index in [1.54, 1.807) is 24.3 Å². The number of ether oxygens (including phenoxy) is 1. The predicted octanol–water partition coefficient (Wildman–Crippen LogP) is 4.61. The molecule has 0 aliphatic rings. The number of amides is 1. The van der Waals surface area contributed by atoms with Gasteiger partial charge in [-0.2, -0.15) is 0 Å². The van der Waals surface area contributed by atoms with Crippen molar-refractivity contribution in [1.82, 2.24) is 9.55 Å². The number of hydrogen-bond acceptors (Lipinski definition) is 4. The number of para-hydroxylation sites is 2. The number of aromatic nitrogens is 2. The second kappa shape index (κ2) is 7.55. The summed E-state index contributed by atoms with van der Waals surface area (Å²) in [7, 11) is 0. The summed E-state index contributed by atoms with van der Waals surface area (Å²) in [5.74, 6) is 0.997. The van der Waals surface area contributed by atoms with Crippen molar-refractivity contribution in [2.75, 3.05) is 11.9 Å². The maximum absolute atomic E-state index is 12.3. The first-order valence-electron chi connectivity index (χ1n) is 8.39. The number of imidazole rings is 1. The van der Waals surface area contributed by atoms with Gasteiger partial charge in [-0.15, -0.1) is 0 Å². The molecule has 7 heteroatoms. The lowest BCUT2D eigenvalue weighted by Crippen LogP contribution is -2.17. The van der Waals surface area contributed by atoms with Gasteiger partial charge in [-0.05, 0) is 42.5 Å². The summed E-state index contributed by atoms with van der Waals surface area (Å²) in [6, 6.07) is 18.2. The number of nitrogens with zero attached hydrogens (tertiary/aromatic N) is 2. The molecular weight excluding hydrogens is 366 g/mol. The van der Waals surface area contributed by atoms with Crippen molar-refractivity contribution in [2.24, 2.45) is 0 Å². The third-order valence-corrected chi connectivity index (χ3v) is 4.24. The van der Waals surface area contributed by atoms with Gasteiger partial charge in [0.05, 0.1) is 23.8 Å². The normalized spacial score (nSPS) is 10.9. The lowest BCUT2D eigenvalue weighted by molar-refractivity contribution is 0.0995. The summed E-state index contributed by atoms with van der Waals surface area (Å²) < 4.78 is 12.8. The van der Waals surface area contributed by atoms with Gasteiger partial charge in [-0.1, -0.05) is 29.8 Å². The Morgan fingerprint density at radius 3 is 2.85 bits per heavy atom. The molecule has 0 bridgehead atoms. The first-order valence-corrected chi connectivity index (χ1v) is 8.77. The summed E-state index contributed by atoms with van der Waals surface area (Å²) in [6.07, 6.45) is 1.46. The summed E-state index contributed by atoms with van der Waals surface area (Å²) in [4.78, 5) is 16.8. The van der Waals surface area contributed by atoms with E-state index in [0.717, 1.165) is 11.0 Å². The minimum Gasteiger partial charge on any atom is -0.492 e. The third kappa shape index (κ3) is 3.80. The van der Waals surface area contributed by atoms with Crippen LogP contribution in [0.25, 0.3) is 11.0 Å². The van der Waals surface area contributed by atoms with Crippen LogP contribution < -0.4 is 10.1 Å². The molecule has 27 heavy (non-hydrogen) atoms. The van der Waals surface area contributed by atoms with Crippen molar-refractivity contribution >= 4 is 34.5 Å². The minimum atomic E-state index is -0.354. The van der Waals surface area contributed by atoms with Crippen molar-refractivity contribution in [1.29, 1.82) is 0 Å². The van der Waals surface area contributed by atoms with Crippen LogP contribution in [0.4, 0.5) is 5.95 Å². The Morgan fingerprint density at radius 2 is 2.04 bits per heavy atom. The molecule has 4 aromatic rings. The van der Waals surface area contributed by atoms with E-state index in [1.807, 2.05) is 41.0 Å². The molecular formula is C20H16ClN3O3. The monoisotopic (exact) mass is 381 g/mol. The van der Waals surface area contributed by atoms with E-state index in [2.05, 4.69) is 10.3 Å². The van der Waals surface area contributed by atoms with Gasteiger partial charge in [0.15, 0.2) is 5.76 Å². The second-order valence-electron chi connectivity index (χ2n) is 5.81. The van der Waals surface area contributed by atoms with E-state index in [-0.39, 0.29) is 11.7 Å². The second-order valence-corrected chi connectivity index (χ2v) is 6.25. The molecule has 0 atom stereocenters. The molecule has 2 heterocycles. The molecule has 0 saturated carbocycles. The lowest BCUT2D eigenvalue weighted by atomic mass is 10.3. The van der Waals surface area contributed by atoms with Gasteiger partial charge in [0, 0.05) is 5.02 Å². The maximum atomic E-state index is 12.3. The quantitative estimate of drug-likeness (QED) is 0.529. The largest absolute Gasteiger partial charge is 0.492 e. The van der Waals surface area contributed by atoms with Gasteiger partial charge in [0.1, 0.15) is 12.4 Å². The Labute approximate surface area is 160 Å². The fourth-order valence-corrected chi connectivity index (χ4v) is 2.96. The highest BCUT2D eigenvalue weighted by molar-refractivity contribution is 6.30. The fraction of sp³-hybridized carbons (Fsp3) is 0.100. The van der Waals surface area contributed by atoms with Gasteiger partial charge in [-0.25, -0.2) is 4.98 Å². The molecule has 0 unspecified atom stereocenters. The Morgan fingerprint density at radius 1 is 1.15 bits per heavy atom. The summed E-state index contributed by atoms with van der Waals surface area (Å²) >= 11 is 5.98. The number of anilines is 1. The van der Waals surface area contributed by atoms with Gasteiger partial charge in [0.2, 0.25) is 5.95 Å². The topological polar surface area (TPSA) is 69.3 Å². The molecule has 0 fully saturated rings. The summed E-state index contributed by atoms with van der Waals surface area (Å²) in [5.41, 5.74) is 1.69. The van der Waals surface area contributed by atoms with Crippen molar-refractivity contribution in [2.45, 2.75) is 6.54 Å². The number of benzene rings is 2. The molecule has 6 nitrogen and oxygen atoms in total. The standard InChI is InChI=1S/C20H16ClN3O3/c21-14-5-3-6-15(13-14)26-12-10-24-17-8-2-1-7-16(17)22-20(24)23-19(25)18-9-4-11-27-18/h1-9,11,13H,10,12H2,(H,22,23,25). The van der Waals surface area contributed by atoms with Crippen LogP contribution in [-0.4, -0.2) is 22.1 Å². The highest BCUT2D eigenvalue weighted by Crippen LogP contribution is 2.21. The Bertz CT molecular complexity index is 1070. The predicted molar refractivity (Wildman–Crippen MR) is 103 cm³/mol. The van der Waals surface area contributed by atoms with Crippen LogP contribution in [0.2, 0.25) is 5.02 Å². The van der Waals surface area contributed by atoms with Crippen LogP contribution in [-0.2, 0) is 6.54 Å². The third-order valence-electron chi connectivity index (χ3n) is 4.00. The van der Waals surface area contributed by atoms with Crippen LogP contribution in [0.3, 0.4) is 0 Å². The number of rotatable bonds is 6. The maximum Gasteiger partial charge on any atom is 0.293 e. The van der Waals surface area contributed by atoms with Gasteiger partial charge in [0.25, 0.3) is 5.91 Å². The highest BCUT2D eigenvalue weighted by Gasteiger charge is 2.15. The summed E-state index contributed by atoms with van der Waals surface area (Å²) in [6.45, 7) is 0.894. The van der Waals surface area contributed by atoms with E-state index in [9.17, 15) is 4.79 Å². The smallest absolute Gasteiger partial charge is 0.293 e. The van der Waals surface area contributed by atoms with E-state index >= 15 is 0 Å². The number of carbonyl (C=O) groups is 1. The zero-order valence-corrected chi connectivity index (χ0v) is 15.0. The number of furan rings is 1. The number of fused-ring (bicyclic) bond motifs is 1.